The highest BCUT2D eigenvalue weighted by Gasteiger charge is 2.30. The first-order valence-corrected chi connectivity index (χ1v) is 15.6. The van der Waals surface area contributed by atoms with E-state index >= 15 is 0 Å². The number of nitrogens with zero attached hydrogens (tertiary/aromatic N) is 7. The van der Waals surface area contributed by atoms with Crippen molar-refractivity contribution in [3.05, 3.63) is 47.2 Å². The van der Waals surface area contributed by atoms with Gasteiger partial charge in [0.05, 0.1) is 28.7 Å². The van der Waals surface area contributed by atoms with Gasteiger partial charge in [0.2, 0.25) is 10.0 Å². The molecule has 1 fully saturated rings. The number of aromatic nitrogens is 3. The summed E-state index contributed by atoms with van der Waals surface area (Å²) in [5, 5.41) is 4.95. The summed E-state index contributed by atoms with van der Waals surface area (Å²) >= 11 is 0. The molecule has 0 saturated carbocycles. The number of aryl methyl sites for hydroxylation is 1. The van der Waals surface area contributed by atoms with Crippen molar-refractivity contribution in [1.82, 2.24) is 19.5 Å². The maximum absolute atomic E-state index is 14.0. The summed E-state index contributed by atoms with van der Waals surface area (Å²) in [5.41, 5.74) is 9.33. The number of benzene rings is 1. The first-order valence-electron chi connectivity index (χ1n) is 14.0. The molecule has 2 aromatic heterocycles. The molecule has 5 rings (SSSR count). The number of amides is 1. The van der Waals surface area contributed by atoms with E-state index in [1.54, 1.807) is 22.5 Å². The maximum atomic E-state index is 14.0. The number of fused-ring (bicyclic) bond motifs is 2. The smallest absolute Gasteiger partial charge is 0.256 e. The number of anilines is 3. The third kappa shape index (κ3) is 5.10. The molecule has 1 saturated heterocycles. The number of carbonyl (C=O) groups is 1. The second-order valence-electron chi connectivity index (χ2n) is 10.9. The molecule has 3 aromatic rings. The van der Waals surface area contributed by atoms with Crippen molar-refractivity contribution in [2.75, 3.05) is 60.6 Å². The molecule has 0 aliphatic carbocycles. The van der Waals surface area contributed by atoms with Crippen molar-refractivity contribution in [3.8, 4) is 0 Å². The number of sulfonamides is 1. The van der Waals surface area contributed by atoms with Gasteiger partial charge in [-0.05, 0) is 43.4 Å². The van der Waals surface area contributed by atoms with Crippen LogP contribution in [-0.2, 0) is 16.4 Å². The normalized spacial score (nSPS) is 22.1. The van der Waals surface area contributed by atoms with Gasteiger partial charge in [-0.25, -0.2) is 13.4 Å². The lowest BCUT2D eigenvalue weighted by atomic mass is 10.0. The average Bonchev–Trinajstić information content (AvgIpc) is 3.57. The number of nitrogens with two attached hydrogens (primary N) is 1. The number of hydrogen-bond donors (Lipinski definition) is 1. The van der Waals surface area contributed by atoms with Crippen LogP contribution in [0, 0.1) is 0 Å². The Morgan fingerprint density at radius 1 is 1.07 bits per heavy atom. The summed E-state index contributed by atoms with van der Waals surface area (Å²) < 4.78 is 30.0. The zero-order chi connectivity index (χ0) is 28.8. The van der Waals surface area contributed by atoms with Crippen LogP contribution in [0.25, 0.3) is 5.65 Å². The lowest BCUT2D eigenvalue weighted by Gasteiger charge is -2.29. The number of rotatable bonds is 3. The zero-order valence-corrected chi connectivity index (χ0v) is 24.9. The Bertz CT molecular complexity index is 1520. The molecule has 11 nitrogen and oxygen atoms in total. The van der Waals surface area contributed by atoms with Gasteiger partial charge in [-0.15, -0.1) is 0 Å². The summed E-state index contributed by atoms with van der Waals surface area (Å²) in [6.07, 6.45) is 2.66. The van der Waals surface area contributed by atoms with Crippen molar-refractivity contribution in [3.63, 3.8) is 0 Å². The van der Waals surface area contributed by atoms with Gasteiger partial charge >= 0.3 is 0 Å². The van der Waals surface area contributed by atoms with Crippen molar-refractivity contribution in [2.45, 2.75) is 51.6 Å². The minimum absolute atomic E-state index is 0.0587. The molecule has 2 bridgehead atoms. The SMILES string of the molecule is CCc1ccc2c(c1)C(=O)N(C)C(CC)c1cc3nc(N4CCC(N)C4)cc(n3n1)N(C)CCCS(=O)(=O)N2C. The maximum Gasteiger partial charge on any atom is 0.256 e. The molecule has 2 N–H and O–H groups in total. The van der Waals surface area contributed by atoms with Gasteiger partial charge in [-0.1, -0.05) is 19.9 Å². The van der Waals surface area contributed by atoms with E-state index in [2.05, 4.69) is 4.90 Å². The molecule has 12 heteroatoms. The van der Waals surface area contributed by atoms with Crippen LogP contribution in [0.3, 0.4) is 0 Å². The molecule has 2 atom stereocenters. The van der Waals surface area contributed by atoms with Crippen molar-refractivity contribution in [2.24, 2.45) is 5.73 Å². The second kappa shape index (κ2) is 10.9. The summed E-state index contributed by atoms with van der Waals surface area (Å²) in [6, 6.07) is 9.18. The van der Waals surface area contributed by atoms with Crippen LogP contribution in [0.15, 0.2) is 30.3 Å². The predicted octanol–water partition coefficient (Wildman–Crippen LogP) is 2.66. The van der Waals surface area contributed by atoms with Crippen LogP contribution in [0.1, 0.15) is 60.8 Å². The monoisotopic (exact) mass is 568 g/mol. The zero-order valence-electron chi connectivity index (χ0n) is 24.0. The van der Waals surface area contributed by atoms with Gasteiger partial charge in [0.15, 0.2) is 5.65 Å². The van der Waals surface area contributed by atoms with Gasteiger partial charge < -0.3 is 20.4 Å². The quantitative estimate of drug-likeness (QED) is 0.512. The van der Waals surface area contributed by atoms with Crippen LogP contribution in [0.4, 0.5) is 17.3 Å². The fourth-order valence-electron chi connectivity index (χ4n) is 5.70. The van der Waals surface area contributed by atoms with Gasteiger partial charge in [0, 0.05) is 59.0 Å². The minimum Gasteiger partial charge on any atom is -0.359 e. The summed E-state index contributed by atoms with van der Waals surface area (Å²) in [5.74, 6) is 1.33. The van der Waals surface area contributed by atoms with Gasteiger partial charge in [-0.2, -0.15) is 9.61 Å². The number of hydrogen-bond acceptors (Lipinski definition) is 8. The lowest BCUT2D eigenvalue weighted by molar-refractivity contribution is 0.0723. The highest BCUT2D eigenvalue weighted by molar-refractivity contribution is 7.92. The summed E-state index contributed by atoms with van der Waals surface area (Å²) in [4.78, 5) is 24.8. The first-order chi connectivity index (χ1) is 19.0. The Labute approximate surface area is 236 Å². The Morgan fingerprint density at radius 3 is 2.52 bits per heavy atom. The molecule has 2 unspecified atom stereocenters. The Hall–Kier alpha value is -3.38. The molecule has 4 heterocycles. The fraction of sp³-hybridized carbons (Fsp3) is 0.536. The van der Waals surface area contributed by atoms with Crippen LogP contribution in [0.5, 0.6) is 0 Å². The number of carbonyl (C=O) groups excluding carboxylic acids is 1. The van der Waals surface area contributed by atoms with Gasteiger partial charge in [-0.3, -0.25) is 9.10 Å². The third-order valence-electron chi connectivity index (χ3n) is 8.22. The highest BCUT2D eigenvalue weighted by atomic mass is 32.2. The molecular formula is C28H40N8O3S. The molecule has 2 aliphatic rings. The molecule has 40 heavy (non-hydrogen) atoms. The molecule has 0 spiro atoms. The van der Waals surface area contributed by atoms with E-state index in [9.17, 15) is 13.2 Å². The van der Waals surface area contributed by atoms with Crippen molar-refractivity contribution in [1.29, 1.82) is 0 Å². The molecular weight excluding hydrogens is 528 g/mol. The summed E-state index contributed by atoms with van der Waals surface area (Å²) in [7, 11) is 1.55. The average molecular weight is 569 g/mol. The van der Waals surface area contributed by atoms with Crippen LogP contribution in [-0.4, -0.2) is 86.4 Å². The van der Waals surface area contributed by atoms with E-state index in [1.807, 2.05) is 50.1 Å². The predicted molar refractivity (Wildman–Crippen MR) is 159 cm³/mol. The van der Waals surface area contributed by atoms with Crippen molar-refractivity contribution < 1.29 is 13.2 Å². The third-order valence-corrected chi connectivity index (χ3v) is 10.1. The Morgan fingerprint density at radius 2 is 1.85 bits per heavy atom. The highest BCUT2D eigenvalue weighted by Crippen LogP contribution is 2.32. The molecule has 1 aromatic carbocycles. The van der Waals surface area contributed by atoms with Crippen LogP contribution < -0.4 is 19.8 Å². The van der Waals surface area contributed by atoms with E-state index in [0.717, 1.165) is 48.8 Å². The van der Waals surface area contributed by atoms with Crippen LogP contribution in [0.2, 0.25) is 0 Å². The van der Waals surface area contributed by atoms with Crippen LogP contribution >= 0.6 is 0 Å². The Kier molecular flexibility index (Phi) is 7.66. The molecule has 0 radical (unpaired) electrons. The second-order valence-corrected chi connectivity index (χ2v) is 13.0. The largest absolute Gasteiger partial charge is 0.359 e. The van der Waals surface area contributed by atoms with E-state index in [0.29, 0.717) is 36.3 Å². The van der Waals surface area contributed by atoms with Gasteiger partial charge in [0.1, 0.15) is 11.6 Å². The van der Waals surface area contributed by atoms with Gasteiger partial charge in [0.25, 0.3) is 5.91 Å². The molecule has 1 amide bonds. The minimum atomic E-state index is -3.68. The van der Waals surface area contributed by atoms with E-state index in [1.165, 1.54) is 11.4 Å². The molecule has 2 aliphatic heterocycles. The molecule has 216 valence electrons. The van der Waals surface area contributed by atoms with E-state index < -0.39 is 10.0 Å². The summed E-state index contributed by atoms with van der Waals surface area (Å²) in [6.45, 7) is 6.08. The van der Waals surface area contributed by atoms with Crippen molar-refractivity contribution >= 4 is 38.9 Å². The topological polar surface area (TPSA) is 120 Å². The Balaban J connectivity index is 1.67. The first kappa shape index (κ1) is 28.2. The van der Waals surface area contributed by atoms with E-state index in [4.69, 9.17) is 15.8 Å². The fourth-order valence-corrected chi connectivity index (χ4v) is 6.93. The van der Waals surface area contributed by atoms with E-state index in [-0.39, 0.29) is 23.7 Å². The standard InChI is InChI=1S/C28H40N8O3S/c1-6-19-9-10-24-21(15-19)28(37)33(4)23(7-2)22-16-26-30-25(35-13-11-20(29)18-35)17-27(36(26)31-22)32(3)12-8-14-40(38,39)34(24)5/h9-10,15-17,20,23H,6-8,11-14,18,29H2,1-5H3. The lowest BCUT2D eigenvalue weighted by Crippen LogP contribution is -2.35.